The van der Waals surface area contributed by atoms with Crippen molar-refractivity contribution in [2.75, 3.05) is 64.4 Å². The largest absolute Gasteiger partial charge is 0.368 e. The summed E-state index contributed by atoms with van der Waals surface area (Å²) in [5, 5.41) is 3.29. The minimum absolute atomic E-state index is 0. The smallest absolute Gasteiger partial charge is 0.254 e. The summed E-state index contributed by atoms with van der Waals surface area (Å²) in [6.07, 6.45) is 2.36. The Balaban J connectivity index is 0.00000160. The van der Waals surface area contributed by atoms with Gasteiger partial charge in [0, 0.05) is 45.5 Å². The van der Waals surface area contributed by atoms with Gasteiger partial charge in [-0.2, -0.15) is 0 Å². The number of para-hydroxylation sites is 1. The van der Waals surface area contributed by atoms with E-state index in [1.807, 2.05) is 28.0 Å². The van der Waals surface area contributed by atoms with E-state index in [-0.39, 0.29) is 36.6 Å². The third-order valence-electron chi connectivity index (χ3n) is 6.40. The molecule has 0 atom stereocenters. The maximum atomic E-state index is 13.1. The molecule has 0 saturated carbocycles. The average Bonchev–Trinajstić information content (AvgIpc) is 3.18. The Morgan fingerprint density at radius 1 is 1.03 bits per heavy atom. The van der Waals surface area contributed by atoms with Gasteiger partial charge in [-0.3, -0.25) is 14.5 Å². The maximum absolute atomic E-state index is 13.1. The number of benzene rings is 1. The Labute approximate surface area is 190 Å². The number of anilines is 1. The fraction of sp³-hybridized carbons (Fsp3) is 0.619. The van der Waals surface area contributed by atoms with E-state index in [9.17, 15) is 9.59 Å². The summed E-state index contributed by atoms with van der Waals surface area (Å²) in [7, 11) is 1.64. The lowest BCUT2D eigenvalue weighted by Crippen LogP contribution is -2.59. The molecule has 168 valence electrons. The molecule has 0 aromatic heterocycles. The van der Waals surface area contributed by atoms with Crippen LogP contribution in [0.15, 0.2) is 24.3 Å². The highest BCUT2D eigenvalue weighted by molar-refractivity contribution is 5.96. The maximum Gasteiger partial charge on any atom is 0.254 e. The van der Waals surface area contributed by atoms with Crippen molar-refractivity contribution in [2.24, 2.45) is 0 Å². The van der Waals surface area contributed by atoms with Crippen LogP contribution >= 0.6 is 24.8 Å². The highest BCUT2D eigenvalue weighted by atomic mass is 35.5. The standard InChI is InChI=1S/C21H30N4O3.2ClH/c1-28-21(7-9-22-10-8-21)20(27)24-14-12-23(13-15-24)16-19(26)25-11-6-17-4-2-3-5-18(17)25;;/h2-5,22H,6-16H2,1H3;2*1H. The summed E-state index contributed by atoms with van der Waals surface area (Å²) in [6.45, 7) is 5.56. The SMILES string of the molecule is COC1(C(=O)N2CCN(CC(=O)N3CCc4ccccc43)CC2)CCNCC1.Cl.Cl. The number of hydrogen-bond acceptors (Lipinski definition) is 5. The number of amides is 2. The molecule has 0 radical (unpaired) electrons. The van der Waals surface area contributed by atoms with Crippen molar-refractivity contribution in [1.29, 1.82) is 0 Å². The summed E-state index contributed by atoms with van der Waals surface area (Å²) in [5.74, 6) is 0.257. The van der Waals surface area contributed by atoms with Crippen LogP contribution in [0.2, 0.25) is 0 Å². The number of carbonyl (C=O) groups is 2. The summed E-state index contributed by atoms with van der Waals surface area (Å²) >= 11 is 0. The molecule has 0 aliphatic carbocycles. The number of halogens is 2. The van der Waals surface area contributed by atoms with Gasteiger partial charge in [0.05, 0.1) is 6.54 Å². The first-order valence-electron chi connectivity index (χ1n) is 10.3. The van der Waals surface area contributed by atoms with Crippen LogP contribution in [0.4, 0.5) is 5.69 Å². The second-order valence-corrected chi connectivity index (χ2v) is 7.94. The van der Waals surface area contributed by atoms with Crippen molar-refractivity contribution in [3.05, 3.63) is 29.8 Å². The summed E-state index contributed by atoms with van der Waals surface area (Å²) in [4.78, 5) is 31.9. The molecule has 0 bridgehead atoms. The lowest BCUT2D eigenvalue weighted by Gasteiger charge is -2.42. The van der Waals surface area contributed by atoms with Gasteiger partial charge in [0.2, 0.25) is 5.91 Å². The predicted octanol–water partition coefficient (Wildman–Crippen LogP) is 1.33. The zero-order chi connectivity index (χ0) is 19.6. The zero-order valence-electron chi connectivity index (χ0n) is 17.5. The van der Waals surface area contributed by atoms with E-state index < -0.39 is 5.60 Å². The quantitative estimate of drug-likeness (QED) is 0.736. The van der Waals surface area contributed by atoms with E-state index in [1.165, 1.54) is 5.56 Å². The second-order valence-electron chi connectivity index (χ2n) is 7.94. The highest BCUT2D eigenvalue weighted by Crippen LogP contribution is 2.28. The predicted molar refractivity (Wildman–Crippen MR) is 122 cm³/mol. The molecule has 1 aromatic carbocycles. The Kier molecular flexibility index (Phi) is 8.94. The zero-order valence-corrected chi connectivity index (χ0v) is 19.1. The number of nitrogens with zero attached hydrogens (tertiary/aromatic N) is 3. The third-order valence-corrected chi connectivity index (χ3v) is 6.40. The first-order valence-corrected chi connectivity index (χ1v) is 10.3. The molecule has 3 aliphatic heterocycles. The molecule has 4 rings (SSSR count). The number of ether oxygens (including phenoxy) is 1. The third kappa shape index (κ3) is 4.92. The van der Waals surface area contributed by atoms with Crippen LogP contribution in [0.5, 0.6) is 0 Å². The molecule has 1 N–H and O–H groups in total. The molecule has 2 saturated heterocycles. The first kappa shape index (κ1) is 24.9. The lowest BCUT2D eigenvalue weighted by atomic mass is 9.90. The monoisotopic (exact) mass is 458 g/mol. The minimum Gasteiger partial charge on any atom is -0.368 e. The number of piperazine rings is 1. The van der Waals surface area contributed by atoms with Crippen LogP contribution in [0.3, 0.4) is 0 Å². The highest BCUT2D eigenvalue weighted by Gasteiger charge is 2.43. The van der Waals surface area contributed by atoms with Crippen molar-refractivity contribution in [2.45, 2.75) is 24.9 Å². The van der Waals surface area contributed by atoms with Gasteiger partial charge in [0.15, 0.2) is 0 Å². The van der Waals surface area contributed by atoms with Crippen molar-refractivity contribution < 1.29 is 14.3 Å². The molecule has 0 spiro atoms. The van der Waals surface area contributed by atoms with Crippen molar-refractivity contribution in [1.82, 2.24) is 15.1 Å². The Hall–Kier alpha value is -1.38. The molecule has 3 aliphatic rings. The number of methoxy groups -OCH3 is 1. The summed E-state index contributed by atoms with van der Waals surface area (Å²) in [6, 6.07) is 8.14. The summed E-state index contributed by atoms with van der Waals surface area (Å²) in [5.41, 5.74) is 1.62. The normalized spacial score (nSPS) is 20.7. The van der Waals surface area contributed by atoms with Crippen molar-refractivity contribution in [3.8, 4) is 0 Å². The number of carbonyl (C=O) groups excluding carboxylic acids is 2. The molecule has 30 heavy (non-hydrogen) atoms. The van der Waals surface area contributed by atoms with E-state index in [4.69, 9.17) is 4.74 Å². The van der Waals surface area contributed by atoms with Crippen LogP contribution in [-0.4, -0.2) is 86.7 Å². The molecule has 7 nitrogen and oxygen atoms in total. The van der Waals surface area contributed by atoms with Crippen molar-refractivity contribution >= 4 is 42.3 Å². The van der Waals surface area contributed by atoms with E-state index >= 15 is 0 Å². The second kappa shape index (κ2) is 10.8. The van der Waals surface area contributed by atoms with Gasteiger partial charge in [0.25, 0.3) is 5.91 Å². The van der Waals surface area contributed by atoms with Crippen LogP contribution in [0, 0.1) is 0 Å². The van der Waals surface area contributed by atoms with Gasteiger partial charge in [0.1, 0.15) is 5.60 Å². The molecule has 2 fully saturated rings. The molecule has 1 aromatic rings. The van der Waals surface area contributed by atoms with Crippen LogP contribution < -0.4 is 10.2 Å². The number of piperidine rings is 1. The van der Waals surface area contributed by atoms with Gasteiger partial charge in [-0.1, -0.05) is 18.2 Å². The number of fused-ring (bicyclic) bond motifs is 1. The number of nitrogens with one attached hydrogen (secondary N) is 1. The van der Waals surface area contributed by atoms with Gasteiger partial charge >= 0.3 is 0 Å². The van der Waals surface area contributed by atoms with Crippen LogP contribution in [0.25, 0.3) is 0 Å². The van der Waals surface area contributed by atoms with Gasteiger partial charge in [-0.05, 0) is 44.0 Å². The Morgan fingerprint density at radius 3 is 2.37 bits per heavy atom. The molecule has 2 amide bonds. The lowest BCUT2D eigenvalue weighted by molar-refractivity contribution is -0.160. The first-order chi connectivity index (χ1) is 13.6. The Bertz CT molecular complexity index is 735. The van der Waals surface area contributed by atoms with Crippen LogP contribution in [0.1, 0.15) is 18.4 Å². The van der Waals surface area contributed by atoms with E-state index in [1.54, 1.807) is 7.11 Å². The minimum atomic E-state index is -0.678. The fourth-order valence-corrected chi connectivity index (χ4v) is 4.61. The van der Waals surface area contributed by atoms with Gasteiger partial charge < -0.3 is 19.9 Å². The average molecular weight is 459 g/mol. The molecule has 0 unspecified atom stereocenters. The number of rotatable bonds is 4. The fourth-order valence-electron chi connectivity index (χ4n) is 4.61. The van der Waals surface area contributed by atoms with E-state index in [0.29, 0.717) is 19.6 Å². The molecule has 3 heterocycles. The molecular formula is C21H32Cl2N4O3. The topological polar surface area (TPSA) is 65.1 Å². The van der Waals surface area contributed by atoms with E-state index in [0.717, 1.165) is 57.7 Å². The van der Waals surface area contributed by atoms with E-state index in [2.05, 4.69) is 16.3 Å². The Morgan fingerprint density at radius 2 is 1.70 bits per heavy atom. The molecule has 9 heteroatoms. The molecular weight excluding hydrogens is 427 g/mol. The van der Waals surface area contributed by atoms with Gasteiger partial charge in [-0.25, -0.2) is 0 Å². The van der Waals surface area contributed by atoms with Gasteiger partial charge in [-0.15, -0.1) is 24.8 Å². The number of hydrogen-bond donors (Lipinski definition) is 1. The summed E-state index contributed by atoms with van der Waals surface area (Å²) < 4.78 is 5.68. The van der Waals surface area contributed by atoms with Crippen molar-refractivity contribution in [3.63, 3.8) is 0 Å². The van der Waals surface area contributed by atoms with Crippen LogP contribution in [-0.2, 0) is 20.7 Å².